The van der Waals surface area contributed by atoms with Crippen molar-refractivity contribution in [3.63, 3.8) is 0 Å². The summed E-state index contributed by atoms with van der Waals surface area (Å²) in [6, 6.07) is 0.281. The molecule has 2 heterocycles. The van der Waals surface area contributed by atoms with E-state index in [0.29, 0.717) is 5.92 Å². The maximum atomic E-state index is 5.01. The van der Waals surface area contributed by atoms with Crippen LogP contribution >= 0.6 is 0 Å². The number of aryl methyl sites for hydroxylation is 1. The van der Waals surface area contributed by atoms with Crippen molar-refractivity contribution in [1.29, 1.82) is 0 Å². The molecule has 154 valence electrons. The Morgan fingerprint density at radius 1 is 1.26 bits per heavy atom. The summed E-state index contributed by atoms with van der Waals surface area (Å²) < 4.78 is 2.03. The van der Waals surface area contributed by atoms with Crippen LogP contribution in [0.15, 0.2) is 10.3 Å². The molecule has 0 radical (unpaired) electrons. The van der Waals surface area contributed by atoms with Crippen molar-refractivity contribution in [1.82, 2.24) is 20.3 Å². The van der Waals surface area contributed by atoms with E-state index in [0.717, 1.165) is 12.8 Å². The van der Waals surface area contributed by atoms with Gasteiger partial charge in [0, 0.05) is 18.0 Å². The standard InChI is InChI=1S/C19H34N6.C2H6/c1-9-19(7)14(18(4,5)6)11-10-13-15(24(8)21-16(13)19)17-20-23-25(22-17)12(2)3;1-2/h12,14,17,22H,9-11H2,1-8H3;1-2H3. The number of hydrogen-bond acceptors (Lipinski definition) is 5. The molecule has 0 fully saturated rings. The number of nitrogens with zero attached hydrogens (tertiary/aromatic N) is 5. The van der Waals surface area contributed by atoms with Crippen LogP contribution in [0, 0.1) is 11.3 Å². The largest absolute Gasteiger partial charge is 0.268 e. The molecule has 0 spiro atoms. The van der Waals surface area contributed by atoms with E-state index in [1.54, 1.807) is 0 Å². The molecule has 2 aliphatic rings. The lowest BCUT2D eigenvalue weighted by molar-refractivity contribution is 0.106. The summed E-state index contributed by atoms with van der Waals surface area (Å²) in [4.78, 5) is 0. The topological polar surface area (TPSA) is 57.8 Å². The van der Waals surface area contributed by atoms with Gasteiger partial charge in [-0.15, -0.1) is 5.11 Å². The van der Waals surface area contributed by atoms with Gasteiger partial charge in [-0.1, -0.05) is 53.7 Å². The molecule has 1 N–H and O–H groups in total. The average Bonchev–Trinajstić information content (AvgIpc) is 3.20. The van der Waals surface area contributed by atoms with Crippen molar-refractivity contribution in [3.8, 4) is 0 Å². The summed E-state index contributed by atoms with van der Waals surface area (Å²) in [7, 11) is 2.05. The summed E-state index contributed by atoms with van der Waals surface area (Å²) in [6.45, 7) is 20.0. The molecule has 6 heteroatoms. The van der Waals surface area contributed by atoms with E-state index in [4.69, 9.17) is 5.10 Å². The first-order valence-electron chi connectivity index (χ1n) is 10.6. The summed E-state index contributed by atoms with van der Waals surface area (Å²) in [5.74, 6) is 0.630. The number of hydrogen-bond donors (Lipinski definition) is 1. The monoisotopic (exact) mass is 376 g/mol. The molecular formula is C21H40N6. The summed E-state index contributed by atoms with van der Waals surface area (Å²) in [5, 5.41) is 15.6. The van der Waals surface area contributed by atoms with Crippen molar-refractivity contribution < 1.29 is 0 Å². The fraction of sp³-hybridized carbons (Fsp3) is 0.857. The third kappa shape index (κ3) is 3.78. The van der Waals surface area contributed by atoms with Gasteiger partial charge in [-0.05, 0) is 44.4 Å². The Morgan fingerprint density at radius 2 is 1.89 bits per heavy atom. The average molecular weight is 377 g/mol. The molecule has 1 aromatic heterocycles. The molecule has 0 bridgehead atoms. The molecule has 3 atom stereocenters. The number of nitrogens with one attached hydrogen (secondary N) is 1. The Balaban J connectivity index is 0.00000126. The molecule has 3 unspecified atom stereocenters. The van der Waals surface area contributed by atoms with Crippen LogP contribution in [-0.2, 0) is 18.9 Å². The van der Waals surface area contributed by atoms with E-state index < -0.39 is 0 Å². The van der Waals surface area contributed by atoms with Crippen LogP contribution in [0.2, 0.25) is 0 Å². The van der Waals surface area contributed by atoms with Crippen molar-refractivity contribution in [2.24, 2.45) is 28.7 Å². The minimum Gasteiger partial charge on any atom is -0.268 e. The second-order valence-corrected chi connectivity index (χ2v) is 9.24. The van der Waals surface area contributed by atoms with Crippen molar-refractivity contribution >= 4 is 0 Å². The molecule has 6 nitrogen and oxygen atoms in total. The first-order chi connectivity index (χ1) is 12.6. The van der Waals surface area contributed by atoms with Crippen molar-refractivity contribution in [2.45, 2.75) is 99.2 Å². The quantitative estimate of drug-likeness (QED) is 0.777. The van der Waals surface area contributed by atoms with Crippen molar-refractivity contribution in [2.75, 3.05) is 0 Å². The normalized spacial score (nSPS) is 27.6. The van der Waals surface area contributed by atoms with Crippen LogP contribution in [0.1, 0.15) is 98.3 Å². The van der Waals surface area contributed by atoms with Crippen LogP contribution < -0.4 is 5.43 Å². The van der Waals surface area contributed by atoms with Gasteiger partial charge in [0.1, 0.15) is 0 Å². The molecule has 0 saturated heterocycles. The highest BCUT2D eigenvalue weighted by Gasteiger charge is 2.48. The third-order valence-electron chi connectivity index (χ3n) is 6.23. The van der Waals surface area contributed by atoms with E-state index in [2.05, 4.69) is 64.2 Å². The lowest BCUT2D eigenvalue weighted by atomic mass is 9.57. The van der Waals surface area contributed by atoms with E-state index >= 15 is 0 Å². The lowest BCUT2D eigenvalue weighted by Crippen LogP contribution is -2.43. The number of fused-ring (bicyclic) bond motifs is 1. The van der Waals surface area contributed by atoms with Gasteiger partial charge < -0.3 is 0 Å². The fourth-order valence-electron chi connectivity index (χ4n) is 4.86. The molecule has 1 aliphatic heterocycles. The van der Waals surface area contributed by atoms with Crippen LogP contribution in [0.3, 0.4) is 0 Å². The summed E-state index contributed by atoms with van der Waals surface area (Å²) in [6.07, 6.45) is 3.26. The fourth-order valence-corrected chi connectivity index (χ4v) is 4.86. The smallest absolute Gasteiger partial charge is 0.183 e. The minimum atomic E-state index is -0.129. The highest BCUT2D eigenvalue weighted by atomic mass is 15.8. The zero-order valence-electron chi connectivity index (χ0n) is 19.1. The molecule has 0 saturated carbocycles. The van der Waals surface area contributed by atoms with Gasteiger partial charge in [-0.3, -0.25) is 4.68 Å². The highest BCUT2D eigenvalue weighted by Crippen LogP contribution is 2.51. The second-order valence-electron chi connectivity index (χ2n) is 9.24. The lowest BCUT2D eigenvalue weighted by Gasteiger charge is -2.47. The van der Waals surface area contributed by atoms with Gasteiger partial charge in [0.25, 0.3) is 0 Å². The predicted molar refractivity (Wildman–Crippen MR) is 111 cm³/mol. The number of rotatable bonds is 3. The molecule has 1 aromatic rings. The summed E-state index contributed by atoms with van der Waals surface area (Å²) >= 11 is 0. The Morgan fingerprint density at radius 3 is 2.37 bits per heavy atom. The number of aromatic nitrogens is 2. The van der Waals surface area contributed by atoms with E-state index in [1.165, 1.54) is 23.4 Å². The van der Waals surface area contributed by atoms with Gasteiger partial charge in [-0.25, -0.2) is 5.12 Å². The Bertz CT molecular complexity index is 669. The molecule has 3 rings (SSSR count). The first-order valence-corrected chi connectivity index (χ1v) is 10.6. The Labute approximate surface area is 165 Å². The van der Waals surface area contributed by atoms with E-state index in [9.17, 15) is 0 Å². The zero-order valence-corrected chi connectivity index (χ0v) is 19.1. The first kappa shape index (κ1) is 21.9. The molecule has 1 aliphatic carbocycles. The van der Waals surface area contributed by atoms with E-state index in [1.807, 2.05) is 30.7 Å². The maximum absolute atomic E-state index is 5.01. The molecule has 0 amide bonds. The maximum Gasteiger partial charge on any atom is 0.183 e. The highest BCUT2D eigenvalue weighted by molar-refractivity contribution is 5.37. The van der Waals surface area contributed by atoms with Crippen molar-refractivity contribution in [3.05, 3.63) is 17.0 Å². The van der Waals surface area contributed by atoms with Gasteiger partial charge >= 0.3 is 0 Å². The van der Waals surface area contributed by atoms with Gasteiger partial charge in [0.15, 0.2) is 6.17 Å². The van der Waals surface area contributed by atoms with E-state index in [-0.39, 0.29) is 23.0 Å². The molecule has 0 aromatic carbocycles. The van der Waals surface area contributed by atoms with Gasteiger partial charge in [-0.2, -0.15) is 10.5 Å². The van der Waals surface area contributed by atoms with Crippen LogP contribution in [0.5, 0.6) is 0 Å². The van der Waals surface area contributed by atoms with Crippen LogP contribution in [0.25, 0.3) is 0 Å². The van der Waals surface area contributed by atoms with Gasteiger partial charge in [0.05, 0.1) is 17.4 Å². The molecule has 27 heavy (non-hydrogen) atoms. The van der Waals surface area contributed by atoms with Crippen LogP contribution in [0.4, 0.5) is 0 Å². The Kier molecular flexibility index (Phi) is 6.40. The minimum absolute atomic E-state index is 0.106. The predicted octanol–water partition coefficient (Wildman–Crippen LogP) is 5.32. The SMILES string of the molecule is CC.CCC1(C)c2nn(C)c(C3N=NN(C(C)C)N3)c2CCC1C(C)(C)C. The molecular weight excluding hydrogens is 336 g/mol. The zero-order chi connectivity index (χ0) is 20.6. The van der Waals surface area contributed by atoms with Gasteiger partial charge in [0.2, 0.25) is 0 Å². The second kappa shape index (κ2) is 7.90. The summed E-state index contributed by atoms with van der Waals surface area (Å²) in [5.41, 5.74) is 7.63. The number of hydrazine groups is 1. The third-order valence-corrected chi connectivity index (χ3v) is 6.23. The Hall–Kier alpha value is -1.43. The van der Waals surface area contributed by atoms with Crippen LogP contribution in [-0.4, -0.2) is 20.9 Å².